The third kappa shape index (κ3) is 36.9. The lowest BCUT2D eigenvalue weighted by Gasteiger charge is -2.18. The second kappa shape index (κ2) is 38.6. The largest absolute Gasteiger partial charge is 0.462 e. The summed E-state index contributed by atoms with van der Waals surface area (Å²) in [6.07, 6.45) is 36.9. The predicted octanol–water partition coefficient (Wildman–Crippen LogP) is 11.7. The number of esters is 3. The average molecular weight is 693 g/mol. The van der Waals surface area contributed by atoms with E-state index in [1.807, 2.05) is 12.2 Å². The Labute approximate surface area is 301 Å². The Morgan fingerprint density at radius 1 is 0.469 bits per heavy atom. The first-order chi connectivity index (χ1) is 24.0. The van der Waals surface area contributed by atoms with Crippen molar-refractivity contribution < 1.29 is 33.3 Å². The van der Waals surface area contributed by atoms with Crippen molar-refractivity contribution in [3.63, 3.8) is 0 Å². The molecule has 0 aliphatic rings. The maximum atomic E-state index is 12.4. The third-order valence-electron chi connectivity index (χ3n) is 8.80. The average Bonchev–Trinajstić information content (AvgIpc) is 3.09. The summed E-state index contributed by atoms with van der Waals surface area (Å²) in [5.74, 6) is -0.381. The molecule has 0 aromatic heterocycles. The summed E-state index contributed by atoms with van der Waals surface area (Å²) < 4.78 is 21.6. The Kier molecular flexibility index (Phi) is 37.0. The quantitative estimate of drug-likeness (QED) is 0.0277. The smallest absolute Gasteiger partial charge is 0.306 e. The Morgan fingerprint density at radius 3 is 1.39 bits per heavy atom. The van der Waals surface area contributed by atoms with E-state index < -0.39 is 0 Å². The third-order valence-corrected chi connectivity index (χ3v) is 8.80. The maximum absolute atomic E-state index is 12.4. The molecule has 49 heavy (non-hydrogen) atoms. The zero-order valence-electron chi connectivity index (χ0n) is 32.2. The fourth-order valence-corrected chi connectivity index (χ4v) is 5.74. The van der Waals surface area contributed by atoms with Crippen molar-refractivity contribution >= 4 is 17.9 Å². The van der Waals surface area contributed by atoms with Gasteiger partial charge in [-0.1, -0.05) is 128 Å². The molecule has 0 aliphatic carbocycles. The number of unbranched alkanes of at least 4 members (excludes halogenated alkanes) is 18. The van der Waals surface area contributed by atoms with Crippen LogP contribution < -0.4 is 0 Å². The summed E-state index contributed by atoms with van der Waals surface area (Å²) in [7, 11) is 1.64. The summed E-state index contributed by atoms with van der Waals surface area (Å²) in [5, 5.41) is 0. The minimum Gasteiger partial charge on any atom is -0.462 e. The Morgan fingerprint density at radius 2 is 0.878 bits per heavy atom. The van der Waals surface area contributed by atoms with Crippen LogP contribution in [0.1, 0.15) is 194 Å². The summed E-state index contributed by atoms with van der Waals surface area (Å²) in [6.45, 7) is 5.76. The van der Waals surface area contributed by atoms with E-state index in [-0.39, 0.29) is 24.0 Å². The van der Waals surface area contributed by atoms with E-state index >= 15 is 0 Å². The molecule has 286 valence electrons. The highest BCUT2D eigenvalue weighted by Crippen LogP contribution is 2.18. The van der Waals surface area contributed by atoms with Crippen LogP contribution in [-0.2, 0) is 33.3 Å². The minimum atomic E-state index is -0.147. The number of allylic oxidation sites excluding steroid dienone is 2. The van der Waals surface area contributed by atoms with E-state index in [4.69, 9.17) is 18.9 Å². The first kappa shape index (κ1) is 46.9. The number of carbonyl (C=O) groups excluding carboxylic acids is 3. The highest BCUT2D eigenvalue weighted by molar-refractivity contribution is 5.70. The van der Waals surface area contributed by atoms with Gasteiger partial charge in [0.15, 0.2) is 0 Å². The Bertz CT molecular complexity index is 807. The molecule has 0 rings (SSSR count). The van der Waals surface area contributed by atoms with Gasteiger partial charge < -0.3 is 18.9 Å². The van der Waals surface area contributed by atoms with Crippen molar-refractivity contribution in [2.24, 2.45) is 0 Å². The van der Waals surface area contributed by atoms with Gasteiger partial charge in [0.05, 0.1) is 0 Å². The Hall–Kier alpha value is -2.15. The van der Waals surface area contributed by atoms with Gasteiger partial charge in [-0.3, -0.25) is 14.4 Å². The van der Waals surface area contributed by atoms with Crippen molar-refractivity contribution in [2.75, 3.05) is 26.9 Å². The van der Waals surface area contributed by atoms with E-state index in [2.05, 4.69) is 26.0 Å². The summed E-state index contributed by atoms with van der Waals surface area (Å²) in [4.78, 5) is 36.4. The fraction of sp³-hybridized carbons (Fsp3) is 0.833. The highest BCUT2D eigenvalue weighted by Gasteiger charge is 2.14. The molecular formula is C42H76O7. The summed E-state index contributed by atoms with van der Waals surface area (Å²) in [6, 6.07) is 0. The van der Waals surface area contributed by atoms with E-state index in [0.29, 0.717) is 45.5 Å². The molecule has 0 radical (unpaired) electrons. The van der Waals surface area contributed by atoms with Crippen LogP contribution in [0.2, 0.25) is 0 Å². The lowest BCUT2D eigenvalue weighted by molar-refractivity contribution is -0.150. The normalized spacial score (nSPS) is 12.1. The highest BCUT2D eigenvalue weighted by atomic mass is 16.5. The minimum absolute atomic E-state index is 0.0686. The number of methoxy groups -OCH3 is 1. The van der Waals surface area contributed by atoms with Gasteiger partial charge in [0.1, 0.15) is 19.3 Å². The van der Waals surface area contributed by atoms with Gasteiger partial charge in [0.25, 0.3) is 0 Å². The van der Waals surface area contributed by atoms with Crippen molar-refractivity contribution in [2.45, 2.75) is 200 Å². The van der Waals surface area contributed by atoms with Crippen LogP contribution in [0.3, 0.4) is 0 Å². The lowest BCUT2D eigenvalue weighted by Crippen LogP contribution is -2.18. The lowest BCUT2D eigenvalue weighted by atomic mass is 10.0. The number of hydrogen-bond donors (Lipinski definition) is 0. The molecule has 0 saturated carbocycles. The standard InChI is InChI=1S/C42H76O7/c1-4-6-8-10-12-13-18-22-29-38-47-40(43)33-26-20-16-14-15-19-24-31-39(49-42(45)35-30-36-46-3)32-25-23-27-34-41(44)48-37-28-21-17-11-9-7-5-2/h21-22,28-29,39H,4-20,23-27,30-38H2,1-3H3/b28-21+,29-22-. The molecule has 0 spiro atoms. The zero-order chi connectivity index (χ0) is 35.9. The number of carbonyl (C=O) groups is 3. The maximum Gasteiger partial charge on any atom is 0.306 e. The van der Waals surface area contributed by atoms with Crippen LogP contribution in [0, 0.1) is 0 Å². The van der Waals surface area contributed by atoms with Gasteiger partial charge in [-0.05, 0) is 70.6 Å². The monoisotopic (exact) mass is 693 g/mol. The van der Waals surface area contributed by atoms with Gasteiger partial charge in [-0.2, -0.15) is 0 Å². The molecule has 0 N–H and O–H groups in total. The first-order valence-electron chi connectivity index (χ1n) is 20.3. The number of hydrogen-bond acceptors (Lipinski definition) is 7. The van der Waals surface area contributed by atoms with E-state index in [9.17, 15) is 14.4 Å². The molecule has 7 nitrogen and oxygen atoms in total. The zero-order valence-corrected chi connectivity index (χ0v) is 32.2. The van der Waals surface area contributed by atoms with Crippen molar-refractivity contribution in [3.8, 4) is 0 Å². The van der Waals surface area contributed by atoms with Crippen molar-refractivity contribution in [1.29, 1.82) is 0 Å². The second-order valence-corrected chi connectivity index (χ2v) is 13.5. The second-order valence-electron chi connectivity index (χ2n) is 13.5. The fourth-order valence-electron chi connectivity index (χ4n) is 5.74. The van der Waals surface area contributed by atoms with Gasteiger partial charge in [0, 0.05) is 33.0 Å². The molecular weight excluding hydrogens is 616 g/mol. The van der Waals surface area contributed by atoms with Crippen LogP contribution in [0.5, 0.6) is 0 Å². The summed E-state index contributed by atoms with van der Waals surface area (Å²) in [5.41, 5.74) is 0. The van der Waals surface area contributed by atoms with Gasteiger partial charge >= 0.3 is 17.9 Å². The van der Waals surface area contributed by atoms with Crippen molar-refractivity contribution in [3.05, 3.63) is 24.3 Å². The molecule has 0 aliphatic heterocycles. The molecule has 7 heteroatoms. The van der Waals surface area contributed by atoms with Crippen LogP contribution in [0.15, 0.2) is 24.3 Å². The molecule has 0 fully saturated rings. The van der Waals surface area contributed by atoms with E-state index in [1.165, 1.54) is 64.2 Å². The molecule has 0 amide bonds. The van der Waals surface area contributed by atoms with E-state index in [1.54, 1.807) is 7.11 Å². The SMILES string of the molecule is CCCCCC/C=C/COC(=O)CCCCCC(CCCCCCCCCC(=O)OC/C=C\CCCCCCCC)OC(=O)CCCOC. The van der Waals surface area contributed by atoms with E-state index in [0.717, 1.165) is 89.9 Å². The molecule has 0 saturated heterocycles. The van der Waals surface area contributed by atoms with Crippen LogP contribution >= 0.6 is 0 Å². The molecule has 0 bridgehead atoms. The molecule has 0 aromatic rings. The molecule has 1 unspecified atom stereocenters. The molecule has 0 heterocycles. The topological polar surface area (TPSA) is 88.1 Å². The van der Waals surface area contributed by atoms with Crippen LogP contribution in [-0.4, -0.2) is 50.9 Å². The molecule has 0 aromatic carbocycles. The van der Waals surface area contributed by atoms with Crippen LogP contribution in [0.4, 0.5) is 0 Å². The predicted molar refractivity (Wildman–Crippen MR) is 203 cm³/mol. The Balaban J connectivity index is 4.00. The van der Waals surface area contributed by atoms with Crippen LogP contribution in [0.25, 0.3) is 0 Å². The van der Waals surface area contributed by atoms with Gasteiger partial charge in [-0.25, -0.2) is 0 Å². The van der Waals surface area contributed by atoms with Gasteiger partial charge in [0.2, 0.25) is 0 Å². The summed E-state index contributed by atoms with van der Waals surface area (Å²) >= 11 is 0. The van der Waals surface area contributed by atoms with Crippen molar-refractivity contribution in [1.82, 2.24) is 0 Å². The van der Waals surface area contributed by atoms with Gasteiger partial charge in [-0.15, -0.1) is 0 Å². The number of ether oxygens (including phenoxy) is 4. The molecule has 1 atom stereocenters. The number of rotatable bonds is 37. The first-order valence-corrected chi connectivity index (χ1v) is 20.3.